The van der Waals surface area contributed by atoms with Crippen LogP contribution < -0.4 is 0 Å². The molecule has 1 heterocycles. The average molecular weight is 248 g/mol. The molecule has 0 fully saturated rings. The van der Waals surface area contributed by atoms with E-state index < -0.39 is 5.97 Å². The maximum absolute atomic E-state index is 13.7. The largest absolute Gasteiger partial charge is 0.481 e. The van der Waals surface area contributed by atoms with E-state index in [1.54, 1.807) is 32.0 Å². The van der Waals surface area contributed by atoms with Crippen LogP contribution in [0.25, 0.3) is 5.69 Å². The Hall–Kier alpha value is -2.17. The summed E-state index contributed by atoms with van der Waals surface area (Å²) in [5, 5.41) is 13.0. The van der Waals surface area contributed by atoms with Crippen molar-refractivity contribution in [2.24, 2.45) is 0 Å². The van der Waals surface area contributed by atoms with E-state index in [0.29, 0.717) is 22.6 Å². The van der Waals surface area contributed by atoms with Crippen molar-refractivity contribution < 1.29 is 14.3 Å². The molecule has 0 saturated carbocycles. The van der Waals surface area contributed by atoms with Crippen molar-refractivity contribution in [3.63, 3.8) is 0 Å². The van der Waals surface area contributed by atoms with E-state index in [1.165, 1.54) is 10.7 Å². The Kier molecular flexibility index (Phi) is 3.14. The second-order valence-electron chi connectivity index (χ2n) is 4.08. The molecule has 1 aromatic heterocycles. The predicted molar refractivity (Wildman–Crippen MR) is 64.3 cm³/mol. The van der Waals surface area contributed by atoms with E-state index in [0.717, 1.165) is 0 Å². The maximum atomic E-state index is 13.7. The van der Waals surface area contributed by atoms with Crippen LogP contribution in [0.3, 0.4) is 0 Å². The molecule has 0 amide bonds. The third-order valence-corrected chi connectivity index (χ3v) is 2.85. The van der Waals surface area contributed by atoms with Gasteiger partial charge < -0.3 is 5.11 Å². The van der Waals surface area contributed by atoms with Gasteiger partial charge in [-0.2, -0.15) is 5.10 Å². The lowest BCUT2D eigenvalue weighted by Gasteiger charge is -2.05. The zero-order valence-electron chi connectivity index (χ0n) is 10.1. The van der Waals surface area contributed by atoms with Gasteiger partial charge in [0.2, 0.25) is 0 Å². The van der Waals surface area contributed by atoms with E-state index in [2.05, 4.69) is 5.10 Å². The summed E-state index contributed by atoms with van der Waals surface area (Å²) in [5.41, 5.74) is 2.22. The number of aromatic nitrogens is 2. The first-order chi connectivity index (χ1) is 8.50. The summed E-state index contributed by atoms with van der Waals surface area (Å²) in [4.78, 5) is 10.8. The maximum Gasteiger partial charge on any atom is 0.307 e. The highest BCUT2D eigenvalue weighted by Crippen LogP contribution is 2.20. The van der Waals surface area contributed by atoms with Crippen molar-refractivity contribution in [3.05, 3.63) is 47.0 Å². The molecule has 0 aliphatic carbocycles. The highest BCUT2D eigenvalue weighted by Gasteiger charge is 2.16. The van der Waals surface area contributed by atoms with Gasteiger partial charge in [-0.05, 0) is 26.0 Å². The molecule has 94 valence electrons. The minimum Gasteiger partial charge on any atom is -0.481 e. The van der Waals surface area contributed by atoms with E-state index in [4.69, 9.17) is 5.11 Å². The minimum absolute atomic E-state index is 0.105. The second-order valence-corrected chi connectivity index (χ2v) is 4.08. The van der Waals surface area contributed by atoms with Crippen LogP contribution in [0.4, 0.5) is 4.39 Å². The minimum atomic E-state index is -0.922. The molecule has 0 radical (unpaired) electrons. The van der Waals surface area contributed by atoms with Gasteiger partial charge in [-0.25, -0.2) is 9.07 Å². The molecule has 0 aliphatic rings. The van der Waals surface area contributed by atoms with Gasteiger partial charge in [0.1, 0.15) is 11.5 Å². The highest BCUT2D eigenvalue weighted by molar-refractivity contribution is 5.71. The zero-order valence-corrected chi connectivity index (χ0v) is 10.1. The van der Waals surface area contributed by atoms with Crippen LogP contribution >= 0.6 is 0 Å². The van der Waals surface area contributed by atoms with Crippen molar-refractivity contribution in [1.82, 2.24) is 9.78 Å². The van der Waals surface area contributed by atoms with Crippen LogP contribution in [0.5, 0.6) is 0 Å². The van der Waals surface area contributed by atoms with Gasteiger partial charge in [0, 0.05) is 11.3 Å². The van der Waals surface area contributed by atoms with Crippen LogP contribution in [-0.4, -0.2) is 20.9 Å². The molecule has 0 atom stereocenters. The number of carboxylic acids is 1. The van der Waals surface area contributed by atoms with E-state index in [-0.39, 0.29) is 12.2 Å². The number of aryl methyl sites for hydroxylation is 1. The molecule has 5 heteroatoms. The summed E-state index contributed by atoms with van der Waals surface area (Å²) in [7, 11) is 0. The van der Waals surface area contributed by atoms with Crippen LogP contribution in [0.15, 0.2) is 24.3 Å². The Morgan fingerprint density at radius 2 is 2.06 bits per heavy atom. The number of hydrogen-bond acceptors (Lipinski definition) is 2. The Balaban J connectivity index is 2.54. The van der Waals surface area contributed by atoms with E-state index in [1.807, 2.05) is 0 Å². The molecular formula is C13H13FN2O2. The number of nitrogens with zero attached hydrogens (tertiary/aromatic N) is 2. The van der Waals surface area contributed by atoms with Crippen molar-refractivity contribution in [2.45, 2.75) is 20.3 Å². The monoisotopic (exact) mass is 248 g/mol. The van der Waals surface area contributed by atoms with Gasteiger partial charge in [-0.3, -0.25) is 4.79 Å². The fourth-order valence-electron chi connectivity index (χ4n) is 1.94. The van der Waals surface area contributed by atoms with Crippen molar-refractivity contribution in [2.75, 3.05) is 0 Å². The summed E-state index contributed by atoms with van der Waals surface area (Å²) in [6.07, 6.45) is -0.105. The topological polar surface area (TPSA) is 55.1 Å². The molecule has 0 aliphatic heterocycles. The molecule has 0 bridgehead atoms. The van der Waals surface area contributed by atoms with Gasteiger partial charge in [-0.15, -0.1) is 0 Å². The molecule has 18 heavy (non-hydrogen) atoms. The van der Waals surface area contributed by atoms with Crippen molar-refractivity contribution in [1.29, 1.82) is 0 Å². The number of halogens is 1. The SMILES string of the molecule is Cc1nn(-c2ccccc2F)c(C)c1CC(=O)O. The first-order valence-corrected chi connectivity index (χ1v) is 5.52. The van der Waals surface area contributed by atoms with Gasteiger partial charge >= 0.3 is 5.97 Å². The second kappa shape index (κ2) is 4.60. The zero-order chi connectivity index (χ0) is 13.3. The lowest BCUT2D eigenvalue weighted by atomic mass is 10.1. The first-order valence-electron chi connectivity index (χ1n) is 5.52. The Bertz CT molecular complexity index is 605. The van der Waals surface area contributed by atoms with Crippen molar-refractivity contribution in [3.8, 4) is 5.69 Å². The fraction of sp³-hybridized carbons (Fsp3) is 0.231. The fourth-order valence-corrected chi connectivity index (χ4v) is 1.94. The van der Waals surface area contributed by atoms with Crippen LogP contribution in [0.2, 0.25) is 0 Å². The number of carbonyl (C=O) groups is 1. The standard InChI is InChI=1S/C13H13FN2O2/c1-8-10(7-13(17)18)9(2)16(15-8)12-6-4-3-5-11(12)14/h3-6H,7H2,1-2H3,(H,17,18). The summed E-state index contributed by atoms with van der Waals surface area (Å²) < 4.78 is 15.1. The van der Waals surface area contributed by atoms with E-state index >= 15 is 0 Å². The third kappa shape index (κ3) is 2.11. The molecule has 2 rings (SSSR count). The molecule has 2 aromatic rings. The Morgan fingerprint density at radius 3 is 2.67 bits per heavy atom. The van der Waals surface area contributed by atoms with Gasteiger partial charge in [-0.1, -0.05) is 12.1 Å². The molecule has 0 unspecified atom stereocenters. The van der Waals surface area contributed by atoms with Gasteiger partial charge in [0.05, 0.1) is 12.1 Å². The lowest BCUT2D eigenvalue weighted by Crippen LogP contribution is -2.04. The number of hydrogen-bond donors (Lipinski definition) is 1. The Morgan fingerprint density at radius 1 is 1.39 bits per heavy atom. The summed E-state index contributed by atoms with van der Waals surface area (Å²) in [6, 6.07) is 6.27. The molecule has 4 nitrogen and oxygen atoms in total. The normalized spacial score (nSPS) is 10.6. The number of benzene rings is 1. The smallest absolute Gasteiger partial charge is 0.307 e. The molecule has 1 aromatic carbocycles. The lowest BCUT2D eigenvalue weighted by molar-refractivity contribution is -0.136. The van der Waals surface area contributed by atoms with Crippen LogP contribution in [0.1, 0.15) is 17.0 Å². The first kappa shape index (κ1) is 12.3. The number of para-hydroxylation sites is 1. The number of carboxylic acid groups (broad SMARTS) is 1. The van der Waals surface area contributed by atoms with Crippen LogP contribution in [-0.2, 0) is 11.2 Å². The molecule has 0 spiro atoms. The van der Waals surface area contributed by atoms with Gasteiger partial charge in [0.25, 0.3) is 0 Å². The summed E-state index contributed by atoms with van der Waals surface area (Å²) in [5.74, 6) is -1.31. The van der Waals surface area contributed by atoms with Crippen molar-refractivity contribution >= 4 is 5.97 Å². The third-order valence-electron chi connectivity index (χ3n) is 2.85. The van der Waals surface area contributed by atoms with Crippen LogP contribution in [0, 0.1) is 19.7 Å². The highest BCUT2D eigenvalue weighted by atomic mass is 19.1. The Labute approximate surface area is 104 Å². The van der Waals surface area contributed by atoms with E-state index in [9.17, 15) is 9.18 Å². The number of aliphatic carboxylic acids is 1. The molecule has 1 N–H and O–H groups in total. The summed E-state index contributed by atoms with van der Waals surface area (Å²) in [6.45, 7) is 3.47. The quantitative estimate of drug-likeness (QED) is 0.906. The molecule has 0 saturated heterocycles. The molecular weight excluding hydrogens is 235 g/mol. The predicted octanol–water partition coefficient (Wildman–Crippen LogP) is 2.26. The average Bonchev–Trinajstić information content (AvgIpc) is 2.57. The summed E-state index contributed by atoms with van der Waals surface area (Å²) >= 11 is 0. The number of rotatable bonds is 3. The van der Waals surface area contributed by atoms with Gasteiger partial charge in [0.15, 0.2) is 0 Å².